The van der Waals surface area contributed by atoms with E-state index < -0.39 is 0 Å². The van der Waals surface area contributed by atoms with E-state index in [1.54, 1.807) is 11.0 Å². The van der Waals surface area contributed by atoms with Crippen LogP contribution in [0.3, 0.4) is 0 Å². The molecule has 0 amide bonds. The van der Waals surface area contributed by atoms with Crippen molar-refractivity contribution in [3.05, 3.63) is 12.2 Å². The summed E-state index contributed by atoms with van der Waals surface area (Å²) in [5.41, 5.74) is 5.87. The maximum absolute atomic E-state index is 5.87. The number of aryl methyl sites for hydroxylation is 1. The molecule has 5 nitrogen and oxygen atoms in total. The highest BCUT2D eigenvalue weighted by atomic mass is 15.3. The van der Waals surface area contributed by atoms with E-state index in [1.807, 2.05) is 7.05 Å². The fourth-order valence-corrected chi connectivity index (χ4v) is 2.21. The van der Waals surface area contributed by atoms with Gasteiger partial charge in [0.05, 0.1) is 0 Å². The summed E-state index contributed by atoms with van der Waals surface area (Å²) in [6.07, 6.45) is 7.37. The highest BCUT2D eigenvalue weighted by molar-refractivity contribution is 4.84. The first-order chi connectivity index (χ1) is 7.74. The van der Waals surface area contributed by atoms with Crippen LogP contribution in [-0.2, 0) is 13.5 Å². The second-order valence-corrected chi connectivity index (χ2v) is 4.65. The molecular weight excluding hydrogens is 202 g/mol. The average molecular weight is 223 g/mol. The molecule has 1 saturated carbocycles. The second kappa shape index (κ2) is 5.41. The summed E-state index contributed by atoms with van der Waals surface area (Å²) in [7, 11) is 1.90. The van der Waals surface area contributed by atoms with E-state index in [9.17, 15) is 0 Å². The molecule has 1 aromatic rings. The van der Waals surface area contributed by atoms with Gasteiger partial charge in [0.25, 0.3) is 0 Å². The lowest BCUT2D eigenvalue weighted by Crippen LogP contribution is -2.38. The van der Waals surface area contributed by atoms with Gasteiger partial charge in [0.2, 0.25) is 0 Å². The third-order valence-corrected chi connectivity index (χ3v) is 3.20. The summed E-state index contributed by atoms with van der Waals surface area (Å²) in [6.45, 7) is 0.962. The number of hydrogen-bond donors (Lipinski definition) is 2. The van der Waals surface area contributed by atoms with Crippen molar-refractivity contribution in [2.24, 2.45) is 12.8 Å². The number of hydrogen-bond acceptors (Lipinski definition) is 4. The molecule has 0 bridgehead atoms. The molecular formula is C11H21N5. The molecule has 3 N–H and O–H groups in total. The number of rotatable bonds is 4. The third kappa shape index (κ3) is 3.28. The Morgan fingerprint density at radius 2 is 2.19 bits per heavy atom. The van der Waals surface area contributed by atoms with E-state index >= 15 is 0 Å². The molecule has 5 heteroatoms. The predicted octanol–water partition coefficient (Wildman–Crippen LogP) is 0.217. The van der Waals surface area contributed by atoms with Crippen LogP contribution in [0.1, 0.15) is 31.5 Å². The van der Waals surface area contributed by atoms with E-state index in [0.717, 1.165) is 31.6 Å². The van der Waals surface area contributed by atoms with Gasteiger partial charge in [-0.05, 0) is 25.7 Å². The summed E-state index contributed by atoms with van der Waals surface area (Å²) in [5, 5.41) is 7.81. The summed E-state index contributed by atoms with van der Waals surface area (Å²) >= 11 is 0. The van der Waals surface area contributed by atoms with Gasteiger partial charge in [0.1, 0.15) is 6.33 Å². The van der Waals surface area contributed by atoms with Gasteiger partial charge in [-0.15, -0.1) is 0 Å². The number of nitrogens with zero attached hydrogens (tertiary/aromatic N) is 3. The molecule has 0 unspecified atom stereocenters. The maximum Gasteiger partial charge on any atom is 0.151 e. The summed E-state index contributed by atoms with van der Waals surface area (Å²) in [6, 6.07) is 1.07. The molecule has 0 saturated heterocycles. The molecule has 1 aliphatic rings. The normalized spacial score (nSPS) is 25.9. The lowest BCUT2D eigenvalue weighted by atomic mass is 9.92. The van der Waals surface area contributed by atoms with Crippen LogP contribution >= 0.6 is 0 Å². The first kappa shape index (κ1) is 11.5. The number of nitrogens with two attached hydrogens (primary N) is 1. The molecule has 1 aliphatic carbocycles. The molecule has 1 aromatic heterocycles. The lowest BCUT2D eigenvalue weighted by Gasteiger charge is -2.26. The minimum Gasteiger partial charge on any atom is -0.328 e. The van der Waals surface area contributed by atoms with Crippen molar-refractivity contribution in [1.82, 2.24) is 20.1 Å². The van der Waals surface area contributed by atoms with Crippen molar-refractivity contribution < 1.29 is 0 Å². The Morgan fingerprint density at radius 3 is 2.81 bits per heavy atom. The quantitative estimate of drug-likeness (QED) is 0.766. The van der Waals surface area contributed by atoms with E-state index in [2.05, 4.69) is 15.4 Å². The van der Waals surface area contributed by atoms with Crippen molar-refractivity contribution >= 4 is 0 Å². The van der Waals surface area contributed by atoms with E-state index in [-0.39, 0.29) is 0 Å². The van der Waals surface area contributed by atoms with Crippen LogP contribution in [0.2, 0.25) is 0 Å². The Labute approximate surface area is 96.4 Å². The Morgan fingerprint density at radius 1 is 1.44 bits per heavy atom. The van der Waals surface area contributed by atoms with Crippen LogP contribution in [-0.4, -0.2) is 33.4 Å². The van der Waals surface area contributed by atoms with Gasteiger partial charge in [-0.25, -0.2) is 4.98 Å². The zero-order valence-corrected chi connectivity index (χ0v) is 9.89. The van der Waals surface area contributed by atoms with Gasteiger partial charge in [0.15, 0.2) is 5.82 Å². The number of nitrogens with one attached hydrogen (secondary N) is 1. The second-order valence-electron chi connectivity index (χ2n) is 4.65. The molecule has 16 heavy (non-hydrogen) atoms. The fraction of sp³-hybridized carbons (Fsp3) is 0.818. The smallest absolute Gasteiger partial charge is 0.151 e. The Hall–Kier alpha value is -0.940. The molecule has 0 aliphatic heterocycles. The Balaban J connectivity index is 1.64. The van der Waals surface area contributed by atoms with Crippen LogP contribution in [0, 0.1) is 0 Å². The van der Waals surface area contributed by atoms with Gasteiger partial charge < -0.3 is 11.1 Å². The largest absolute Gasteiger partial charge is 0.328 e. The molecule has 2 rings (SSSR count). The topological polar surface area (TPSA) is 68.8 Å². The first-order valence-electron chi connectivity index (χ1n) is 6.07. The average Bonchev–Trinajstić information content (AvgIpc) is 2.67. The van der Waals surface area contributed by atoms with E-state index in [4.69, 9.17) is 5.73 Å². The van der Waals surface area contributed by atoms with Gasteiger partial charge in [0, 0.05) is 32.1 Å². The summed E-state index contributed by atoms with van der Waals surface area (Å²) in [4.78, 5) is 4.20. The molecule has 90 valence electrons. The first-order valence-corrected chi connectivity index (χ1v) is 6.07. The SMILES string of the molecule is Cn1cnc(CCNC2CCC(N)CC2)n1. The van der Waals surface area contributed by atoms with Crippen molar-refractivity contribution in [3.63, 3.8) is 0 Å². The molecule has 0 radical (unpaired) electrons. The molecule has 0 spiro atoms. The molecule has 1 fully saturated rings. The van der Waals surface area contributed by atoms with Crippen molar-refractivity contribution in [3.8, 4) is 0 Å². The van der Waals surface area contributed by atoms with Gasteiger partial charge in [-0.2, -0.15) is 5.10 Å². The summed E-state index contributed by atoms with van der Waals surface area (Å²) in [5.74, 6) is 0.919. The van der Waals surface area contributed by atoms with Crippen LogP contribution in [0.5, 0.6) is 0 Å². The van der Waals surface area contributed by atoms with Crippen molar-refractivity contribution in [2.75, 3.05) is 6.54 Å². The van der Waals surface area contributed by atoms with E-state index in [0.29, 0.717) is 12.1 Å². The fourth-order valence-electron chi connectivity index (χ4n) is 2.21. The molecule has 1 heterocycles. The maximum atomic E-state index is 5.87. The van der Waals surface area contributed by atoms with Crippen LogP contribution < -0.4 is 11.1 Å². The predicted molar refractivity (Wildman–Crippen MR) is 62.9 cm³/mol. The van der Waals surface area contributed by atoms with Gasteiger partial charge in [-0.1, -0.05) is 0 Å². The van der Waals surface area contributed by atoms with Crippen LogP contribution in [0.15, 0.2) is 6.33 Å². The standard InChI is InChI=1S/C11H21N5/c1-16-8-14-11(15-16)6-7-13-10-4-2-9(12)3-5-10/h8-10,13H,2-7,12H2,1H3. The molecule has 0 aromatic carbocycles. The van der Waals surface area contributed by atoms with E-state index in [1.165, 1.54) is 12.8 Å². The van der Waals surface area contributed by atoms with Gasteiger partial charge >= 0.3 is 0 Å². The minimum absolute atomic E-state index is 0.426. The lowest BCUT2D eigenvalue weighted by molar-refractivity contribution is 0.344. The van der Waals surface area contributed by atoms with Crippen LogP contribution in [0.25, 0.3) is 0 Å². The Kier molecular flexibility index (Phi) is 3.90. The third-order valence-electron chi connectivity index (χ3n) is 3.20. The highest BCUT2D eigenvalue weighted by Gasteiger charge is 2.17. The van der Waals surface area contributed by atoms with Crippen LogP contribution in [0.4, 0.5) is 0 Å². The van der Waals surface area contributed by atoms with Gasteiger partial charge in [-0.3, -0.25) is 4.68 Å². The minimum atomic E-state index is 0.426. The summed E-state index contributed by atoms with van der Waals surface area (Å²) < 4.78 is 1.75. The Bertz CT molecular complexity index is 314. The zero-order chi connectivity index (χ0) is 11.4. The highest BCUT2D eigenvalue weighted by Crippen LogP contribution is 2.16. The zero-order valence-electron chi connectivity index (χ0n) is 9.89. The number of aromatic nitrogens is 3. The van der Waals surface area contributed by atoms with Crippen molar-refractivity contribution in [1.29, 1.82) is 0 Å². The molecule has 0 atom stereocenters. The van der Waals surface area contributed by atoms with Crippen molar-refractivity contribution in [2.45, 2.75) is 44.2 Å². The monoisotopic (exact) mass is 223 g/mol.